The number of hydrogen-bond donors (Lipinski definition) is 0. The molecule has 1 aliphatic carbocycles. The number of hydrogen-bond acceptors (Lipinski definition) is 3. The van der Waals surface area contributed by atoms with E-state index in [0.29, 0.717) is 5.92 Å². The Balaban J connectivity index is 1.71. The van der Waals surface area contributed by atoms with Crippen LogP contribution < -0.4 is 4.90 Å². The first-order valence-electron chi connectivity index (χ1n) is 6.09. The molecule has 19 heavy (non-hydrogen) atoms. The Kier molecular flexibility index (Phi) is 3.41. The molecule has 5 heteroatoms. The van der Waals surface area contributed by atoms with Crippen LogP contribution >= 0.6 is 27.3 Å². The maximum absolute atomic E-state index is 12.4. The van der Waals surface area contributed by atoms with Gasteiger partial charge in [0.15, 0.2) is 5.13 Å². The number of aromatic nitrogens is 1. The summed E-state index contributed by atoms with van der Waals surface area (Å²) in [6.45, 7) is 0. The molecular formula is C14H13BrN2OS. The van der Waals surface area contributed by atoms with Crippen LogP contribution in [0, 0.1) is 5.92 Å². The van der Waals surface area contributed by atoms with Gasteiger partial charge in [0.2, 0.25) is 5.91 Å². The molecule has 2 atom stereocenters. The Labute approximate surface area is 124 Å². The van der Waals surface area contributed by atoms with Gasteiger partial charge in [0, 0.05) is 29.0 Å². The van der Waals surface area contributed by atoms with Gasteiger partial charge < -0.3 is 0 Å². The first kappa shape index (κ1) is 12.8. The van der Waals surface area contributed by atoms with Crippen molar-refractivity contribution in [3.8, 4) is 0 Å². The topological polar surface area (TPSA) is 33.2 Å². The first-order valence-corrected chi connectivity index (χ1v) is 7.76. The first-order chi connectivity index (χ1) is 9.16. The molecule has 0 aliphatic heterocycles. The van der Waals surface area contributed by atoms with E-state index in [1.54, 1.807) is 18.1 Å². The molecule has 0 spiro atoms. The zero-order valence-corrected chi connectivity index (χ0v) is 12.8. The van der Waals surface area contributed by atoms with Crippen LogP contribution in [0.3, 0.4) is 0 Å². The van der Waals surface area contributed by atoms with Crippen molar-refractivity contribution in [2.45, 2.75) is 12.3 Å². The Bertz CT molecular complexity index is 599. The average Bonchev–Trinajstić information content (AvgIpc) is 3.02. The average molecular weight is 337 g/mol. The van der Waals surface area contributed by atoms with E-state index in [0.717, 1.165) is 16.0 Å². The van der Waals surface area contributed by atoms with Crippen molar-refractivity contribution in [1.29, 1.82) is 0 Å². The molecule has 0 N–H and O–H groups in total. The summed E-state index contributed by atoms with van der Waals surface area (Å²) in [5, 5.41) is 2.66. The number of halogens is 1. The Hall–Kier alpha value is -1.20. The van der Waals surface area contributed by atoms with Crippen molar-refractivity contribution in [3.63, 3.8) is 0 Å². The molecule has 2 aromatic rings. The predicted molar refractivity (Wildman–Crippen MR) is 80.5 cm³/mol. The number of nitrogens with zero attached hydrogens (tertiary/aromatic N) is 2. The molecule has 1 fully saturated rings. The van der Waals surface area contributed by atoms with E-state index in [-0.39, 0.29) is 11.8 Å². The minimum atomic E-state index is 0.100. The molecule has 0 bridgehead atoms. The molecule has 1 saturated carbocycles. The monoisotopic (exact) mass is 336 g/mol. The lowest BCUT2D eigenvalue weighted by Crippen LogP contribution is -2.28. The van der Waals surface area contributed by atoms with Crippen molar-refractivity contribution >= 4 is 38.3 Å². The third kappa shape index (κ3) is 2.58. The maximum Gasteiger partial charge on any atom is 0.232 e. The smallest absolute Gasteiger partial charge is 0.232 e. The summed E-state index contributed by atoms with van der Waals surface area (Å²) in [6.07, 6.45) is 2.66. The predicted octanol–water partition coefficient (Wildman–Crippen LogP) is 3.67. The van der Waals surface area contributed by atoms with Gasteiger partial charge in [-0.2, -0.15) is 0 Å². The summed E-state index contributed by atoms with van der Waals surface area (Å²) in [5.74, 6) is 0.621. The van der Waals surface area contributed by atoms with E-state index in [2.05, 4.69) is 33.0 Å². The number of amides is 1. The van der Waals surface area contributed by atoms with Crippen LogP contribution in [-0.4, -0.2) is 17.9 Å². The molecule has 1 heterocycles. The normalized spacial score (nSPS) is 21.2. The molecule has 3 rings (SSSR count). The maximum atomic E-state index is 12.4. The molecule has 98 valence electrons. The zero-order valence-electron chi connectivity index (χ0n) is 10.4. The molecule has 0 saturated heterocycles. The van der Waals surface area contributed by atoms with Crippen molar-refractivity contribution in [3.05, 3.63) is 45.9 Å². The van der Waals surface area contributed by atoms with Gasteiger partial charge in [-0.1, -0.05) is 28.1 Å². The standard InChI is InChI=1S/C14H13BrN2OS/c1-17(14-16-5-6-19-14)13(18)12-8-11(12)9-3-2-4-10(15)7-9/h2-7,11-12H,8H2,1H3/t11-,12+/m1/s1. The second kappa shape index (κ2) is 5.06. The molecule has 0 unspecified atom stereocenters. The number of thiazole rings is 1. The lowest BCUT2D eigenvalue weighted by molar-refractivity contribution is -0.119. The van der Waals surface area contributed by atoms with Gasteiger partial charge in [0.05, 0.1) is 0 Å². The highest BCUT2D eigenvalue weighted by Crippen LogP contribution is 2.49. The van der Waals surface area contributed by atoms with Gasteiger partial charge in [0.1, 0.15) is 0 Å². The Morgan fingerprint density at radius 3 is 3.05 bits per heavy atom. The fourth-order valence-electron chi connectivity index (χ4n) is 2.30. The van der Waals surface area contributed by atoms with Crippen LogP contribution in [0.25, 0.3) is 0 Å². The van der Waals surface area contributed by atoms with E-state index in [1.165, 1.54) is 16.9 Å². The highest BCUT2D eigenvalue weighted by Gasteiger charge is 2.45. The Morgan fingerprint density at radius 2 is 2.37 bits per heavy atom. The van der Waals surface area contributed by atoms with E-state index >= 15 is 0 Å². The summed E-state index contributed by atoms with van der Waals surface area (Å²) >= 11 is 4.96. The van der Waals surface area contributed by atoms with Crippen LogP contribution in [-0.2, 0) is 4.79 Å². The molecule has 1 aromatic heterocycles. The number of benzene rings is 1. The molecule has 3 nitrogen and oxygen atoms in total. The van der Waals surface area contributed by atoms with E-state index in [9.17, 15) is 4.79 Å². The largest absolute Gasteiger partial charge is 0.291 e. The summed E-state index contributed by atoms with van der Waals surface area (Å²) in [5.41, 5.74) is 1.24. The van der Waals surface area contributed by atoms with Gasteiger partial charge in [0.25, 0.3) is 0 Å². The molecule has 1 aromatic carbocycles. The lowest BCUT2D eigenvalue weighted by atomic mass is 10.1. The van der Waals surface area contributed by atoms with Crippen LogP contribution in [0.2, 0.25) is 0 Å². The fraction of sp³-hybridized carbons (Fsp3) is 0.286. The van der Waals surface area contributed by atoms with E-state index < -0.39 is 0 Å². The summed E-state index contributed by atoms with van der Waals surface area (Å²) in [6, 6.07) is 8.21. The number of carbonyl (C=O) groups excluding carboxylic acids is 1. The lowest BCUT2D eigenvalue weighted by Gasteiger charge is -2.13. The molecule has 1 amide bonds. The van der Waals surface area contributed by atoms with Gasteiger partial charge in [-0.3, -0.25) is 9.69 Å². The van der Waals surface area contributed by atoms with Crippen LogP contribution in [0.15, 0.2) is 40.3 Å². The Morgan fingerprint density at radius 1 is 1.53 bits per heavy atom. The molecule has 1 aliphatic rings. The number of carbonyl (C=O) groups is 1. The van der Waals surface area contributed by atoms with Crippen molar-refractivity contribution < 1.29 is 4.79 Å². The highest BCUT2D eigenvalue weighted by atomic mass is 79.9. The highest BCUT2D eigenvalue weighted by molar-refractivity contribution is 9.10. The van der Waals surface area contributed by atoms with Crippen molar-refractivity contribution in [1.82, 2.24) is 4.98 Å². The van der Waals surface area contributed by atoms with Gasteiger partial charge in [-0.05, 0) is 30.0 Å². The van der Waals surface area contributed by atoms with Crippen LogP contribution in [0.4, 0.5) is 5.13 Å². The minimum Gasteiger partial charge on any atom is -0.291 e. The summed E-state index contributed by atoms with van der Waals surface area (Å²) < 4.78 is 1.07. The van der Waals surface area contributed by atoms with Gasteiger partial charge >= 0.3 is 0 Å². The minimum absolute atomic E-state index is 0.100. The molecular weight excluding hydrogens is 324 g/mol. The number of rotatable bonds is 3. The number of anilines is 1. The summed E-state index contributed by atoms with van der Waals surface area (Å²) in [4.78, 5) is 18.2. The third-order valence-electron chi connectivity index (χ3n) is 3.42. The molecule has 0 radical (unpaired) electrons. The van der Waals surface area contributed by atoms with Crippen LogP contribution in [0.5, 0.6) is 0 Å². The van der Waals surface area contributed by atoms with E-state index in [4.69, 9.17) is 0 Å². The fourth-order valence-corrected chi connectivity index (χ4v) is 3.33. The van der Waals surface area contributed by atoms with Gasteiger partial charge in [-0.25, -0.2) is 4.98 Å². The quantitative estimate of drug-likeness (QED) is 0.856. The zero-order chi connectivity index (χ0) is 13.4. The summed E-state index contributed by atoms with van der Waals surface area (Å²) in [7, 11) is 1.80. The van der Waals surface area contributed by atoms with Crippen molar-refractivity contribution in [2.75, 3.05) is 11.9 Å². The second-order valence-electron chi connectivity index (χ2n) is 4.72. The van der Waals surface area contributed by atoms with Crippen LogP contribution in [0.1, 0.15) is 17.9 Å². The SMILES string of the molecule is CN(C(=O)[C@H]1C[C@@H]1c1cccc(Br)c1)c1nccs1. The van der Waals surface area contributed by atoms with Gasteiger partial charge in [-0.15, -0.1) is 11.3 Å². The third-order valence-corrected chi connectivity index (χ3v) is 4.76. The second-order valence-corrected chi connectivity index (χ2v) is 6.50. The van der Waals surface area contributed by atoms with E-state index in [1.807, 2.05) is 17.5 Å². The van der Waals surface area contributed by atoms with Crippen molar-refractivity contribution in [2.24, 2.45) is 5.92 Å².